The number of hydrogen-bond acceptors (Lipinski definition) is 5. The predicted octanol–water partition coefficient (Wildman–Crippen LogP) is 3.49. The third kappa shape index (κ3) is 3.65. The zero-order valence-electron chi connectivity index (χ0n) is 13.5. The Morgan fingerprint density at radius 2 is 1.96 bits per heavy atom. The summed E-state index contributed by atoms with van der Waals surface area (Å²) in [5, 5.41) is 15.0. The molecular formula is C18H19N5O. The molecule has 2 N–H and O–H groups in total. The molecule has 0 radical (unpaired) electrons. The Kier molecular flexibility index (Phi) is 4.96. The Bertz CT molecular complexity index is 827. The first-order valence-electron chi connectivity index (χ1n) is 8.00. The number of carbonyl (C=O) groups is 1. The van der Waals surface area contributed by atoms with Gasteiger partial charge in [0, 0.05) is 18.1 Å². The second-order valence-corrected chi connectivity index (χ2v) is 5.42. The SMILES string of the molecule is CCCCNc1ccc(C(=O)Nc2cccc3cccnc23)nn1. The topological polar surface area (TPSA) is 79.8 Å². The molecule has 0 saturated carbocycles. The van der Waals surface area contributed by atoms with Gasteiger partial charge in [0.15, 0.2) is 5.69 Å². The summed E-state index contributed by atoms with van der Waals surface area (Å²) in [5.41, 5.74) is 1.67. The molecule has 0 spiro atoms. The maximum Gasteiger partial charge on any atom is 0.276 e. The van der Waals surface area contributed by atoms with Crippen molar-refractivity contribution in [3.05, 3.63) is 54.4 Å². The highest BCUT2D eigenvalue weighted by Crippen LogP contribution is 2.21. The molecule has 6 heteroatoms. The van der Waals surface area contributed by atoms with E-state index in [2.05, 4.69) is 32.7 Å². The van der Waals surface area contributed by atoms with E-state index < -0.39 is 0 Å². The number of pyridine rings is 1. The summed E-state index contributed by atoms with van der Waals surface area (Å²) in [6.45, 7) is 2.97. The van der Waals surface area contributed by atoms with E-state index in [-0.39, 0.29) is 11.6 Å². The van der Waals surface area contributed by atoms with Crippen molar-refractivity contribution >= 4 is 28.3 Å². The molecule has 0 atom stereocenters. The highest BCUT2D eigenvalue weighted by Gasteiger charge is 2.11. The molecule has 6 nitrogen and oxygen atoms in total. The van der Waals surface area contributed by atoms with E-state index in [0.717, 1.165) is 30.3 Å². The summed E-state index contributed by atoms with van der Waals surface area (Å²) in [6, 6.07) is 12.9. The van der Waals surface area contributed by atoms with Crippen LogP contribution in [-0.2, 0) is 0 Å². The van der Waals surface area contributed by atoms with Crippen LogP contribution < -0.4 is 10.6 Å². The number of benzene rings is 1. The number of nitrogens with zero attached hydrogens (tertiary/aromatic N) is 3. The van der Waals surface area contributed by atoms with E-state index in [1.54, 1.807) is 18.3 Å². The quantitative estimate of drug-likeness (QED) is 0.679. The van der Waals surface area contributed by atoms with Gasteiger partial charge in [-0.15, -0.1) is 10.2 Å². The van der Waals surface area contributed by atoms with Gasteiger partial charge in [0.2, 0.25) is 0 Å². The van der Waals surface area contributed by atoms with Crippen LogP contribution in [0.3, 0.4) is 0 Å². The summed E-state index contributed by atoms with van der Waals surface area (Å²) >= 11 is 0. The van der Waals surface area contributed by atoms with Crippen molar-refractivity contribution in [2.24, 2.45) is 0 Å². The van der Waals surface area contributed by atoms with Crippen LogP contribution in [0.2, 0.25) is 0 Å². The van der Waals surface area contributed by atoms with Crippen LogP contribution in [0.4, 0.5) is 11.5 Å². The molecule has 1 amide bonds. The molecule has 2 aromatic heterocycles. The molecule has 0 aliphatic heterocycles. The predicted molar refractivity (Wildman–Crippen MR) is 95.1 cm³/mol. The van der Waals surface area contributed by atoms with Gasteiger partial charge >= 0.3 is 0 Å². The number of hydrogen-bond donors (Lipinski definition) is 2. The Morgan fingerprint density at radius 1 is 1.08 bits per heavy atom. The first kappa shape index (κ1) is 15.9. The molecule has 2 heterocycles. The second-order valence-electron chi connectivity index (χ2n) is 5.42. The fourth-order valence-corrected chi connectivity index (χ4v) is 2.33. The number of unbranched alkanes of at least 4 members (excludes halogenated alkanes) is 1. The van der Waals surface area contributed by atoms with Crippen molar-refractivity contribution in [2.45, 2.75) is 19.8 Å². The maximum absolute atomic E-state index is 12.4. The van der Waals surface area contributed by atoms with Crippen molar-refractivity contribution in [1.29, 1.82) is 0 Å². The minimum Gasteiger partial charge on any atom is -0.369 e. The second kappa shape index (κ2) is 7.50. The van der Waals surface area contributed by atoms with Crippen LogP contribution in [0.1, 0.15) is 30.3 Å². The van der Waals surface area contributed by atoms with Gasteiger partial charge in [0.25, 0.3) is 5.91 Å². The summed E-state index contributed by atoms with van der Waals surface area (Å²) < 4.78 is 0. The highest BCUT2D eigenvalue weighted by atomic mass is 16.1. The Hall–Kier alpha value is -3.02. The first-order valence-corrected chi connectivity index (χ1v) is 8.00. The number of rotatable bonds is 6. The average molecular weight is 321 g/mol. The number of para-hydroxylation sites is 1. The lowest BCUT2D eigenvalue weighted by Gasteiger charge is -2.08. The fourth-order valence-electron chi connectivity index (χ4n) is 2.33. The molecular weight excluding hydrogens is 302 g/mol. The molecule has 122 valence electrons. The molecule has 0 bridgehead atoms. The Labute approximate surface area is 140 Å². The smallest absolute Gasteiger partial charge is 0.276 e. The van der Waals surface area contributed by atoms with Crippen LogP contribution in [0, 0.1) is 0 Å². The molecule has 0 unspecified atom stereocenters. The van der Waals surface area contributed by atoms with Crippen LogP contribution in [0.15, 0.2) is 48.7 Å². The van der Waals surface area contributed by atoms with E-state index in [1.807, 2.05) is 30.3 Å². The van der Waals surface area contributed by atoms with Crippen LogP contribution in [0.5, 0.6) is 0 Å². The lowest BCUT2D eigenvalue weighted by Crippen LogP contribution is -2.15. The number of anilines is 2. The van der Waals surface area contributed by atoms with Crippen LogP contribution in [-0.4, -0.2) is 27.6 Å². The van der Waals surface area contributed by atoms with E-state index >= 15 is 0 Å². The number of carbonyl (C=O) groups excluding carboxylic acids is 1. The normalized spacial score (nSPS) is 10.5. The molecule has 0 fully saturated rings. The Morgan fingerprint density at radius 3 is 2.75 bits per heavy atom. The minimum atomic E-state index is -0.305. The van der Waals surface area contributed by atoms with Crippen molar-refractivity contribution in [3.8, 4) is 0 Å². The van der Waals surface area contributed by atoms with Gasteiger partial charge in [-0.2, -0.15) is 0 Å². The third-order valence-electron chi connectivity index (χ3n) is 3.61. The van der Waals surface area contributed by atoms with E-state index in [4.69, 9.17) is 0 Å². The van der Waals surface area contributed by atoms with Gasteiger partial charge in [0.05, 0.1) is 11.2 Å². The average Bonchev–Trinajstić information content (AvgIpc) is 2.63. The van der Waals surface area contributed by atoms with Gasteiger partial charge in [-0.1, -0.05) is 31.5 Å². The van der Waals surface area contributed by atoms with Crippen LogP contribution >= 0.6 is 0 Å². The van der Waals surface area contributed by atoms with E-state index in [9.17, 15) is 4.79 Å². The largest absolute Gasteiger partial charge is 0.369 e. The summed E-state index contributed by atoms with van der Waals surface area (Å²) in [4.78, 5) is 16.7. The summed E-state index contributed by atoms with van der Waals surface area (Å²) in [6.07, 6.45) is 3.88. The van der Waals surface area contributed by atoms with Crippen molar-refractivity contribution < 1.29 is 4.79 Å². The molecule has 24 heavy (non-hydrogen) atoms. The fraction of sp³-hybridized carbons (Fsp3) is 0.222. The van der Waals surface area contributed by atoms with Crippen LogP contribution in [0.25, 0.3) is 10.9 Å². The molecule has 3 rings (SSSR count). The number of fused-ring (bicyclic) bond motifs is 1. The zero-order chi connectivity index (χ0) is 16.8. The lowest BCUT2D eigenvalue weighted by atomic mass is 10.2. The summed E-state index contributed by atoms with van der Waals surface area (Å²) in [5.74, 6) is 0.368. The van der Waals surface area contributed by atoms with Crippen molar-refractivity contribution in [2.75, 3.05) is 17.2 Å². The standard InChI is InChI=1S/C18H19N5O/c1-2-3-11-19-16-10-9-15(22-23-16)18(24)21-14-8-4-6-13-7-5-12-20-17(13)14/h4-10,12H,2-3,11H2,1H3,(H,19,23)(H,21,24). The van der Waals surface area contributed by atoms with Gasteiger partial charge in [-0.25, -0.2) is 0 Å². The summed E-state index contributed by atoms with van der Waals surface area (Å²) in [7, 11) is 0. The third-order valence-corrected chi connectivity index (χ3v) is 3.61. The first-order chi connectivity index (χ1) is 11.8. The molecule has 3 aromatic rings. The maximum atomic E-state index is 12.4. The molecule has 1 aromatic carbocycles. The van der Waals surface area contributed by atoms with Crippen molar-refractivity contribution in [1.82, 2.24) is 15.2 Å². The van der Waals surface area contributed by atoms with Crippen molar-refractivity contribution in [3.63, 3.8) is 0 Å². The zero-order valence-corrected chi connectivity index (χ0v) is 13.5. The molecule has 0 aliphatic rings. The van der Waals surface area contributed by atoms with Gasteiger partial charge < -0.3 is 10.6 Å². The monoisotopic (exact) mass is 321 g/mol. The Balaban J connectivity index is 1.72. The lowest BCUT2D eigenvalue weighted by molar-refractivity contribution is 0.102. The van der Waals surface area contributed by atoms with E-state index in [0.29, 0.717) is 11.5 Å². The van der Waals surface area contributed by atoms with Gasteiger partial charge in [-0.05, 0) is 30.7 Å². The number of aromatic nitrogens is 3. The number of amides is 1. The molecule has 0 aliphatic carbocycles. The minimum absolute atomic E-state index is 0.268. The van der Waals surface area contributed by atoms with Gasteiger partial charge in [-0.3, -0.25) is 9.78 Å². The van der Waals surface area contributed by atoms with Gasteiger partial charge in [0.1, 0.15) is 5.82 Å². The van der Waals surface area contributed by atoms with E-state index in [1.165, 1.54) is 0 Å². The molecule has 0 saturated heterocycles. The number of nitrogens with one attached hydrogen (secondary N) is 2. The highest BCUT2D eigenvalue weighted by molar-refractivity contribution is 6.07.